The molecule has 0 aromatic heterocycles. The molecular weight excluding hydrogens is 560 g/mol. The Morgan fingerprint density at radius 2 is 1.82 bits per heavy atom. The van der Waals surface area contributed by atoms with Gasteiger partial charge in [-0.1, -0.05) is 42.5 Å². The number of nitrogens with one attached hydrogen (secondary N) is 3. The predicted molar refractivity (Wildman–Crippen MR) is 167 cm³/mol. The first-order valence-electron chi connectivity index (χ1n) is 16.0. The van der Waals surface area contributed by atoms with Crippen molar-refractivity contribution in [2.75, 3.05) is 26.3 Å². The third kappa shape index (κ3) is 8.91. The number of likely N-dealkylation sites (tertiary alicyclic amines) is 1. The Labute approximate surface area is 261 Å². The summed E-state index contributed by atoms with van der Waals surface area (Å²) in [7, 11) is 0. The molecule has 10 nitrogen and oxygen atoms in total. The summed E-state index contributed by atoms with van der Waals surface area (Å²) in [5.74, 6) is -0.839. The summed E-state index contributed by atoms with van der Waals surface area (Å²) in [5, 5.41) is 9.18. The fourth-order valence-corrected chi connectivity index (χ4v) is 6.60. The van der Waals surface area contributed by atoms with Crippen LogP contribution in [0, 0.1) is 11.3 Å². The smallest absolute Gasteiger partial charge is 0.247 e. The molecule has 5 atom stereocenters. The summed E-state index contributed by atoms with van der Waals surface area (Å²) in [4.78, 5) is 55.3. The Bertz CT molecular complexity index is 1190. The molecular formula is C34H50N4O6. The Hall–Kier alpha value is -3.24. The zero-order valence-electron chi connectivity index (χ0n) is 26.9. The van der Waals surface area contributed by atoms with E-state index in [-0.39, 0.29) is 35.6 Å². The van der Waals surface area contributed by atoms with E-state index in [4.69, 9.17) is 9.47 Å². The number of nitrogens with zero attached hydrogens (tertiary/aromatic N) is 1. The zero-order valence-corrected chi connectivity index (χ0v) is 26.9. The van der Waals surface area contributed by atoms with E-state index in [0.29, 0.717) is 64.8 Å². The minimum absolute atomic E-state index is 0.0390. The lowest BCUT2D eigenvalue weighted by molar-refractivity contribution is -0.146. The van der Waals surface area contributed by atoms with Gasteiger partial charge in [-0.3, -0.25) is 19.2 Å². The third-order valence-electron chi connectivity index (χ3n) is 8.96. The Kier molecular flexibility index (Phi) is 11.2. The van der Waals surface area contributed by atoms with Crippen molar-refractivity contribution >= 4 is 23.6 Å². The van der Waals surface area contributed by atoms with Crippen molar-refractivity contribution < 1.29 is 28.7 Å². The van der Waals surface area contributed by atoms with Crippen LogP contribution < -0.4 is 16.0 Å². The van der Waals surface area contributed by atoms with Crippen LogP contribution in [-0.4, -0.2) is 84.7 Å². The molecule has 1 aromatic carbocycles. The number of ether oxygens (including phenoxy) is 2. The van der Waals surface area contributed by atoms with Crippen LogP contribution >= 0.6 is 0 Å². The van der Waals surface area contributed by atoms with Gasteiger partial charge in [-0.05, 0) is 65.4 Å². The Morgan fingerprint density at radius 1 is 1.11 bits per heavy atom. The Balaban J connectivity index is 1.57. The van der Waals surface area contributed by atoms with Crippen molar-refractivity contribution in [1.82, 2.24) is 20.9 Å². The first kappa shape index (κ1) is 33.6. The second-order valence-corrected chi connectivity index (χ2v) is 13.6. The van der Waals surface area contributed by atoms with Gasteiger partial charge in [0.15, 0.2) is 0 Å². The molecule has 10 heteroatoms. The average Bonchev–Trinajstić information content (AvgIpc) is 2.97. The fraction of sp³-hybridized carbons (Fsp3) is 0.647. The standard InChI is InChI=1S/C34H50N4O6/c1-23(44-33(3,4)5)29(35-24(2)39)31(41)38-18-14-27-26(22-38)13-9-10-15-34(16-19-43-20-17-34)32(42)37-28(30(40)36-27)21-25-11-7-6-8-12-25/h6-12,23,26-29H,13-22H2,1-5H3,(H,35,39)(H,36,40)(H,37,42)/b10-9+/t23-,26+,27-,28-,29+/m1/s1. The number of fused-ring (bicyclic) bond motifs is 1. The minimum Gasteiger partial charge on any atom is -0.381 e. The number of amides is 4. The van der Waals surface area contributed by atoms with Crippen LogP contribution in [0.15, 0.2) is 42.5 Å². The number of rotatable bonds is 6. The summed E-state index contributed by atoms with van der Waals surface area (Å²) in [6, 6.07) is 7.99. The molecule has 3 heterocycles. The van der Waals surface area contributed by atoms with E-state index in [1.807, 2.05) is 58.0 Å². The molecule has 1 aromatic rings. The average molecular weight is 611 g/mol. The maximum atomic E-state index is 13.9. The lowest BCUT2D eigenvalue weighted by Crippen LogP contribution is -2.61. The summed E-state index contributed by atoms with van der Waals surface area (Å²) in [6.07, 6.45) is 6.97. The molecule has 2 fully saturated rings. The molecule has 0 unspecified atom stereocenters. The number of allylic oxidation sites excluding steroid dienone is 2. The van der Waals surface area contributed by atoms with Crippen molar-refractivity contribution in [3.8, 4) is 0 Å². The number of hydrogen-bond acceptors (Lipinski definition) is 6. The molecule has 242 valence electrons. The first-order chi connectivity index (χ1) is 20.9. The largest absolute Gasteiger partial charge is 0.381 e. The van der Waals surface area contributed by atoms with Crippen LogP contribution in [0.4, 0.5) is 0 Å². The number of piperidine rings is 1. The number of benzene rings is 1. The number of carbonyl (C=O) groups is 4. The van der Waals surface area contributed by atoms with Crippen LogP contribution in [0.3, 0.4) is 0 Å². The fourth-order valence-electron chi connectivity index (χ4n) is 6.60. The molecule has 0 radical (unpaired) electrons. The molecule has 0 aliphatic carbocycles. The molecule has 1 spiro atoms. The van der Waals surface area contributed by atoms with Crippen molar-refractivity contribution in [3.63, 3.8) is 0 Å². The molecule has 0 bridgehead atoms. The second kappa shape index (κ2) is 14.7. The van der Waals surface area contributed by atoms with Crippen LogP contribution in [0.1, 0.15) is 72.3 Å². The zero-order chi connectivity index (χ0) is 31.9. The molecule has 44 heavy (non-hydrogen) atoms. The van der Waals surface area contributed by atoms with Crippen molar-refractivity contribution in [1.29, 1.82) is 0 Å². The second-order valence-electron chi connectivity index (χ2n) is 13.6. The highest BCUT2D eigenvalue weighted by Crippen LogP contribution is 2.36. The molecule has 3 aliphatic rings. The van der Waals surface area contributed by atoms with Gasteiger partial charge in [-0.25, -0.2) is 0 Å². The van der Waals surface area contributed by atoms with Gasteiger partial charge in [0.25, 0.3) is 0 Å². The molecule has 3 N–H and O–H groups in total. The van der Waals surface area contributed by atoms with Crippen molar-refractivity contribution in [3.05, 3.63) is 48.0 Å². The van der Waals surface area contributed by atoms with E-state index >= 15 is 0 Å². The van der Waals surface area contributed by atoms with Crippen molar-refractivity contribution in [2.24, 2.45) is 11.3 Å². The lowest BCUT2D eigenvalue weighted by Gasteiger charge is -2.42. The van der Waals surface area contributed by atoms with E-state index < -0.39 is 29.2 Å². The highest BCUT2D eigenvalue weighted by Gasteiger charge is 2.42. The molecule has 4 amide bonds. The van der Waals surface area contributed by atoms with E-state index in [9.17, 15) is 19.2 Å². The molecule has 0 saturated carbocycles. The molecule has 4 rings (SSSR count). The normalized spacial score (nSPS) is 26.6. The molecule has 3 aliphatic heterocycles. The summed E-state index contributed by atoms with van der Waals surface area (Å²) in [6.45, 7) is 10.8. The predicted octanol–water partition coefficient (Wildman–Crippen LogP) is 2.90. The van der Waals surface area contributed by atoms with Crippen LogP contribution in [0.25, 0.3) is 0 Å². The Morgan fingerprint density at radius 3 is 2.48 bits per heavy atom. The maximum absolute atomic E-state index is 13.9. The van der Waals surface area contributed by atoms with Crippen LogP contribution in [0.5, 0.6) is 0 Å². The number of hydrogen-bond donors (Lipinski definition) is 3. The van der Waals surface area contributed by atoms with Gasteiger partial charge in [-0.15, -0.1) is 0 Å². The quantitative estimate of drug-likeness (QED) is 0.426. The van der Waals surface area contributed by atoms with E-state index in [1.165, 1.54) is 6.92 Å². The lowest BCUT2D eigenvalue weighted by atomic mass is 9.75. The summed E-state index contributed by atoms with van der Waals surface area (Å²) >= 11 is 0. The van der Waals surface area contributed by atoms with Crippen LogP contribution in [0.2, 0.25) is 0 Å². The monoisotopic (exact) mass is 610 g/mol. The topological polar surface area (TPSA) is 126 Å². The summed E-state index contributed by atoms with van der Waals surface area (Å²) < 4.78 is 11.7. The van der Waals surface area contributed by atoms with E-state index in [2.05, 4.69) is 28.1 Å². The van der Waals surface area contributed by atoms with Crippen molar-refractivity contribution in [2.45, 2.75) is 103 Å². The number of carbonyl (C=O) groups excluding carboxylic acids is 4. The van der Waals surface area contributed by atoms with Gasteiger partial charge in [0.2, 0.25) is 23.6 Å². The maximum Gasteiger partial charge on any atom is 0.247 e. The highest BCUT2D eigenvalue weighted by atomic mass is 16.5. The van der Waals surface area contributed by atoms with E-state index in [1.54, 1.807) is 4.90 Å². The van der Waals surface area contributed by atoms with Gasteiger partial charge in [0.05, 0.1) is 17.1 Å². The van der Waals surface area contributed by atoms with Gasteiger partial charge < -0.3 is 30.3 Å². The molecule has 2 saturated heterocycles. The minimum atomic E-state index is -0.821. The third-order valence-corrected chi connectivity index (χ3v) is 8.96. The first-order valence-corrected chi connectivity index (χ1v) is 16.0. The van der Waals surface area contributed by atoms with Crippen LogP contribution in [-0.2, 0) is 35.1 Å². The van der Waals surface area contributed by atoms with Gasteiger partial charge in [0.1, 0.15) is 12.1 Å². The van der Waals surface area contributed by atoms with Gasteiger partial charge in [-0.2, -0.15) is 0 Å². The summed E-state index contributed by atoms with van der Waals surface area (Å²) in [5.41, 5.74) is -0.153. The highest BCUT2D eigenvalue weighted by molar-refractivity contribution is 5.91. The SMILES string of the molecule is CC(=O)N[C@H](C(=O)N1CC[C@H]2NC(=O)[C@@H](Cc3ccccc3)NC(=O)C3(C/C=C/C[C@H]2C1)CCOCC3)[C@@H](C)OC(C)(C)C. The van der Waals surface area contributed by atoms with E-state index in [0.717, 1.165) is 5.56 Å². The van der Waals surface area contributed by atoms with Gasteiger partial charge in [0, 0.05) is 51.6 Å². The van der Waals surface area contributed by atoms with Gasteiger partial charge >= 0.3 is 0 Å².